The van der Waals surface area contributed by atoms with Crippen molar-refractivity contribution in [3.8, 4) is 0 Å². The number of Topliss-reactive ketones (excluding diaryl/α,β-unsaturated/α-hetero) is 1. The average molecular weight is 194 g/mol. The highest BCUT2D eigenvalue weighted by Crippen LogP contribution is 2.26. The van der Waals surface area contributed by atoms with E-state index in [0.29, 0.717) is 12.0 Å². The van der Waals surface area contributed by atoms with E-state index in [2.05, 4.69) is 0 Å². The Kier molecular flexibility index (Phi) is 1.84. The summed E-state index contributed by atoms with van der Waals surface area (Å²) in [5.74, 6) is -2.18. The van der Waals surface area contributed by atoms with Crippen LogP contribution in [0.3, 0.4) is 0 Å². The summed E-state index contributed by atoms with van der Waals surface area (Å²) in [6.45, 7) is 0. The van der Waals surface area contributed by atoms with Crippen molar-refractivity contribution in [2.75, 3.05) is 0 Å². The molecular weight excluding hydrogens is 187 g/mol. The average Bonchev–Trinajstić information content (AvgIpc) is 2.49. The number of fused-ring (bicyclic) bond motifs is 1. The Morgan fingerprint density at radius 2 is 2.07 bits per heavy atom. The monoisotopic (exact) mass is 194 g/mol. The summed E-state index contributed by atoms with van der Waals surface area (Å²) >= 11 is 0. The van der Waals surface area contributed by atoms with Crippen molar-refractivity contribution in [1.82, 2.24) is 0 Å². The molecule has 1 N–H and O–H groups in total. The molecule has 72 valence electrons. The number of hydrogen-bond acceptors (Lipinski definition) is 2. The zero-order chi connectivity index (χ0) is 10.3. The fourth-order valence-corrected chi connectivity index (χ4v) is 1.67. The van der Waals surface area contributed by atoms with E-state index < -0.39 is 11.8 Å². The second-order valence-corrected chi connectivity index (χ2v) is 3.18. The number of carboxylic acid groups (broad SMARTS) is 1. The van der Waals surface area contributed by atoms with Crippen molar-refractivity contribution in [3.05, 3.63) is 34.6 Å². The molecule has 14 heavy (non-hydrogen) atoms. The molecule has 1 aliphatic rings. The minimum Gasteiger partial charge on any atom is -0.478 e. The summed E-state index contributed by atoms with van der Waals surface area (Å²) in [7, 11) is 0. The topological polar surface area (TPSA) is 54.4 Å². The summed E-state index contributed by atoms with van der Waals surface area (Å²) in [5, 5.41) is 8.64. The first-order valence-electron chi connectivity index (χ1n) is 4.19. The molecule has 0 aliphatic heterocycles. The van der Waals surface area contributed by atoms with Crippen LogP contribution in [-0.4, -0.2) is 16.9 Å². The Morgan fingerprint density at radius 3 is 2.71 bits per heavy atom. The number of aromatic carboxylic acids is 1. The molecule has 3 nitrogen and oxygen atoms in total. The zero-order valence-corrected chi connectivity index (χ0v) is 7.21. The molecule has 1 aromatic rings. The van der Waals surface area contributed by atoms with E-state index in [9.17, 15) is 14.0 Å². The number of halogens is 1. The molecular formula is C10H7FO3. The maximum atomic E-state index is 13.5. The van der Waals surface area contributed by atoms with Crippen LogP contribution in [0.5, 0.6) is 0 Å². The summed E-state index contributed by atoms with van der Waals surface area (Å²) in [5.41, 5.74) is 0.209. The third-order valence-corrected chi connectivity index (χ3v) is 2.38. The Hall–Kier alpha value is -1.71. The molecule has 4 heteroatoms. The number of carbonyl (C=O) groups excluding carboxylic acids is 1. The van der Waals surface area contributed by atoms with Crippen molar-refractivity contribution in [3.63, 3.8) is 0 Å². The highest BCUT2D eigenvalue weighted by Gasteiger charge is 2.25. The summed E-state index contributed by atoms with van der Waals surface area (Å²) in [6.07, 6.45) is 0.580. The van der Waals surface area contributed by atoms with E-state index in [1.54, 1.807) is 0 Å². The van der Waals surface area contributed by atoms with Crippen LogP contribution >= 0.6 is 0 Å². The molecule has 0 aromatic heterocycles. The minimum absolute atomic E-state index is 0.115. The van der Waals surface area contributed by atoms with Crippen molar-refractivity contribution in [1.29, 1.82) is 0 Å². The predicted octanol–water partition coefficient (Wildman–Crippen LogP) is 1.65. The van der Waals surface area contributed by atoms with Crippen LogP contribution in [-0.2, 0) is 6.42 Å². The van der Waals surface area contributed by atoms with Crippen LogP contribution < -0.4 is 0 Å². The summed E-state index contributed by atoms with van der Waals surface area (Å²) < 4.78 is 13.5. The maximum Gasteiger partial charge on any atom is 0.338 e. The fraction of sp³-hybridized carbons (Fsp3) is 0.200. The Labute approximate surface area is 79.2 Å². The molecule has 1 aromatic carbocycles. The minimum atomic E-state index is -1.30. The molecule has 0 spiro atoms. The SMILES string of the molecule is O=C(O)c1ccc2c(c1F)CCC2=O. The summed E-state index contributed by atoms with van der Waals surface area (Å²) in [4.78, 5) is 21.8. The molecule has 0 unspecified atom stereocenters. The van der Waals surface area contributed by atoms with E-state index in [0.717, 1.165) is 6.07 Å². The molecule has 0 saturated heterocycles. The van der Waals surface area contributed by atoms with Crippen molar-refractivity contribution in [2.24, 2.45) is 0 Å². The number of rotatable bonds is 1. The number of ketones is 1. The first kappa shape index (κ1) is 8.87. The van der Waals surface area contributed by atoms with Gasteiger partial charge >= 0.3 is 5.97 Å². The van der Waals surface area contributed by atoms with Gasteiger partial charge in [-0.25, -0.2) is 9.18 Å². The quantitative estimate of drug-likeness (QED) is 0.739. The van der Waals surface area contributed by atoms with Gasteiger partial charge in [0.25, 0.3) is 0 Å². The van der Waals surface area contributed by atoms with Crippen LogP contribution in [0.25, 0.3) is 0 Å². The van der Waals surface area contributed by atoms with Gasteiger partial charge in [-0.1, -0.05) is 6.07 Å². The molecule has 0 amide bonds. The van der Waals surface area contributed by atoms with Crippen LogP contribution in [0, 0.1) is 5.82 Å². The number of carbonyl (C=O) groups is 2. The first-order chi connectivity index (χ1) is 6.61. The van der Waals surface area contributed by atoms with Crippen molar-refractivity contribution < 1.29 is 19.1 Å². The van der Waals surface area contributed by atoms with E-state index in [-0.39, 0.29) is 23.3 Å². The maximum absolute atomic E-state index is 13.5. The Bertz CT molecular complexity index is 437. The normalized spacial score (nSPS) is 14.2. The number of hydrogen-bond donors (Lipinski definition) is 1. The van der Waals surface area contributed by atoms with Gasteiger partial charge in [0.2, 0.25) is 0 Å². The summed E-state index contributed by atoms with van der Waals surface area (Å²) in [6, 6.07) is 2.52. The number of benzene rings is 1. The van der Waals surface area contributed by atoms with Gasteiger partial charge in [-0.05, 0) is 18.1 Å². The molecule has 1 aliphatic carbocycles. The highest BCUT2D eigenvalue weighted by molar-refractivity contribution is 6.01. The van der Waals surface area contributed by atoms with E-state index in [1.807, 2.05) is 0 Å². The van der Waals surface area contributed by atoms with Crippen LogP contribution in [0.1, 0.15) is 32.7 Å². The second kappa shape index (κ2) is 2.90. The van der Waals surface area contributed by atoms with E-state index >= 15 is 0 Å². The van der Waals surface area contributed by atoms with Gasteiger partial charge in [0, 0.05) is 12.0 Å². The lowest BCUT2D eigenvalue weighted by molar-refractivity contribution is 0.0691. The largest absolute Gasteiger partial charge is 0.478 e. The molecule has 0 heterocycles. The van der Waals surface area contributed by atoms with E-state index in [4.69, 9.17) is 5.11 Å². The molecule has 2 rings (SSSR count). The van der Waals surface area contributed by atoms with Crippen molar-refractivity contribution >= 4 is 11.8 Å². The molecule has 0 atom stereocenters. The smallest absolute Gasteiger partial charge is 0.338 e. The fourth-order valence-electron chi connectivity index (χ4n) is 1.67. The molecule has 0 radical (unpaired) electrons. The van der Waals surface area contributed by atoms with Crippen LogP contribution in [0.4, 0.5) is 4.39 Å². The third kappa shape index (κ3) is 1.11. The lowest BCUT2D eigenvalue weighted by Crippen LogP contribution is -2.04. The van der Waals surface area contributed by atoms with Gasteiger partial charge in [0.1, 0.15) is 5.82 Å². The van der Waals surface area contributed by atoms with Gasteiger partial charge in [0.15, 0.2) is 5.78 Å². The number of carboxylic acids is 1. The lowest BCUT2D eigenvalue weighted by atomic mass is 10.1. The van der Waals surface area contributed by atoms with Gasteiger partial charge in [-0.3, -0.25) is 4.79 Å². The van der Waals surface area contributed by atoms with Gasteiger partial charge in [0.05, 0.1) is 5.56 Å². The predicted molar refractivity (Wildman–Crippen MR) is 46.0 cm³/mol. The molecule has 0 bridgehead atoms. The van der Waals surface area contributed by atoms with Crippen LogP contribution in [0.15, 0.2) is 12.1 Å². The molecule has 0 saturated carbocycles. The standard InChI is InChI=1S/C10H7FO3/c11-9-6-3-4-8(12)5(6)1-2-7(9)10(13)14/h1-2H,3-4H2,(H,13,14). The Balaban J connectivity index is 2.64. The Morgan fingerprint density at radius 1 is 1.36 bits per heavy atom. The van der Waals surface area contributed by atoms with Gasteiger partial charge in [-0.15, -0.1) is 0 Å². The van der Waals surface area contributed by atoms with Crippen LogP contribution in [0.2, 0.25) is 0 Å². The molecule has 0 fully saturated rings. The second-order valence-electron chi connectivity index (χ2n) is 3.18. The first-order valence-corrected chi connectivity index (χ1v) is 4.19. The van der Waals surface area contributed by atoms with E-state index in [1.165, 1.54) is 6.07 Å². The zero-order valence-electron chi connectivity index (χ0n) is 7.21. The van der Waals surface area contributed by atoms with Gasteiger partial charge in [-0.2, -0.15) is 0 Å². The third-order valence-electron chi connectivity index (χ3n) is 2.38. The van der Waals surface area contributed by atoms with Crippen molar-refractivity contribution in [2.45, 2.75) is 12.8 Å². The highest BCUT2D eigenvalue weighted by atomic mass is 19.1. The lowest BCUT2D eigenvalue weighted by Gasteiger charge is -2.02. The van der Waals surface area contributed by atoms with Gasteiger partial charge < -0.3 is 5.11 Å².